The summed E-state index contributed by atoms with van der Waals surface area (Å²) in [5, 5.41) is 0. The molecule has 0 saturated carbocycles. The van der Waals surface area contributed by atoms with Crippen molar-refractivity contribution in [2.45, 2.75) is 26.9 Å². The Balaban J connectivity index is 2.78. The highest BCUT2D eigenvalue weighted by molar-refractivity contribution is 7.80. The summed E-state index contributed by atoms with van der Waals surface area (Å²) in [5.74, 6) is 1.25. The van der Waals surface area contributed by atoms with Gasteiger partial charge >= 0.3 is 5.69 Å². The van der Waals surface area contributed by atoms with Gasteiger partial charge in [0.25, 0.3) is 0 Å². The van der Waals surface area contributed by atoms with Gasteiger partial charge in [0.05, 0.1) is 0 Å². The van der Waals surface area contributed by atoms with Crippen molar-refractivity contribution in [2.75, 3.05) is 5.75 Å². The fraction of sp³-hybridized carbons (Fsp3) is 0.667. The second-order valence-electron chi connectivity index (χ2n) is 3.31. The van der Waals surface area contributed by atoms with Crippen LogP contribution in [0, 0.1) is 5.92 Å². The zero-order chi connectivity index (χ0) is 9.84. The van der Waals surface area contributed by atoms with E-state index in [0.717, 1.165) is 18.8 Å². The molecule has 1 unspecified atom stereocenters. The first kappa shape index (κ1) is 10.4. The van der Waals surface area contributed by atoms with Gasteiger partial charge in [-0.1, -0.05) is 6.92 Å². The molecule has 0 amide bonds. The maximum absolute atomic E-state index is 11.6. The van der Waals surface area contributed by atoms with Crippen molar-refractivity contribution < 1.29 is 0 Å². The summed E-state index contributed by atoms with van der Waals surface area (Å²) in [5.41, 5.74) is 0.0798. The van der Waals surface area contributed by atoms with Crippen molar-refractivity contribution in [3.05, 3.63) is 22.9 Å². The number of nitrogens with zero attached hydrogens (tertiary/aromatic N) is 2. The van der Waals surface area contributed by atoms with E-state index in [-0.39, 0.29) is 5.69 Å². The second kappa shape index (κ2) is 4.56. The molecule has 0 N–H and O–H groups in total. The zero-order valence-corrected chi connectivity index (χ0v) is 9.00. The Morgan fingerprint density at radius 1 is 1.46 bits per heavy atom. The minimum atomic E-state index is 0.0798. The van der Waals surface area contributed by atoms with E-state index in [0.29, 0.717) is 5.92 Å². The standard InChI is InChI=1S/C9H16N2OS/c1-3-10-4-5-11(9(10)12)6-8(2)7-13/h4-5,8,13H,3,6-7H2,1-2H3. The number of aromatic nitrogens is 2. The summed E-state index contributed by atoms with van der Waals surface area (Å²) in [6, 6.07) is 0. The van der Waals surface area contributed by atoms with Crippen LogP contribution in [0.15, 0.2) is 17.2 Å². The molecule has 1 aromatic rings. The molecular weight excluding hydrogens is 184 g/mol. The summed E-state index contributed by atoms with van der Waals surface area (Å²) in [7, 11) is 0. The summed E-state index contributed by atoms with van der Waals surface area (Å²) in [6.07, 6.45) is 3.67. The fourth-order valence-corrected chi connectivity index (χ4v) is 1.34. The van der Waals surface area contributed by atoms with Crippen LogP contribution in [-0.4, -0.2) is 14.9 Å². The monoisotopic (exact) mass is 200 g/mol. The third-order valence-corrected chi connectivity index (χ3v) is 2.70. The SMILES string of the molecule is CCn1ccn(CC(C)CS)c1=O. The van der Waals surface area contributed by atoms with E-state index in [2.05, 4.69) is 19.6 Å². The maximum Gasteiger partial charge on any atom is 0.328 e. The number of aryl methyl sites for hydroxylation is 1. The van der Waals surface area contributed by atoms with Gasteiger partial charge in [-0.2, -0.15) is 12.6 Å². The lowest BCUT2D eigenvalue weighted by atomic mass is 10.2. The van der Waals surface area contributed by atoms with E-state index in [4.69, 9.17) is 0 Å². The molecule has 3 nitrogen and oxygen atoms in total. The molecule has 0 aromatic carbocycles. The number of hydrogen-bond donors (Lipinski definition) is 1. The average Bonchev–Trinajstić information content (AvgIpc) is 2.48. The van der Waals surface area contributed by atoms with Gasteiger partial charge in [0.15, 0.2) is 0 Å². The van der Waals surface area contributed by atoms with E-state index in [1.807, 2.05) is 19.3 Å². The van der Waals surface area contributed by atoms with E-state index < -0.39 is 0 Å². The van der Waals surface area contributed by atoms with Crippen molar-refractivity contribution in [1.82, 2.24) is 9.13 Å². The molecule has 13 heavy (non-hydrogen) atoms. The van der Waals surface area contributed by atoms with Gasteiger partial charge < -0.3 is 0 Å². The molecule has 1 rings (SSSR count). The van der Waals surface area contributed by atoms with Crippen LogP contribution in [0.2, 0.25) is 0 Å². The Labute approximate surface area is 83.8 Å². The summed E-state index contributed by atoms with van der Waals surface area (Å²) < 4.78 is 3.44. The fourth-order valence-electron chi connectivity index (χ4n) is 1.23. The molecule has 74 valence electrons. The van der Waals surface area contributed by atoms with E-state index in [9.17, 15) is 4.79 Å². The summed E-state index contributed by atoms with van der Waals surface area (Å²) in [6.45, 7) is 5.55. The Bertz CT molecular complexity index is 316. The molecule has 0 aliphatic heterocycles. The topological polar surface area (TPSA) is 26.9 Å². The van der Waals surface area contributed by atoms with Gasteiger partial charge in [-0.05, 0) is 18.6 Å². The van der Waals surface area contributed by atoms with Crippen LogP contribution in [0.1, 0.15) is 13.8 Å². The smallest absolute Gasteiger partial charge is 0.300 e. The minimum Gasteiger partial charge on any atom is -0.300 e. The molecule has 1 atom stereocenters. The summed E-state index contributed by atoms with van der Waals surface area (Å²) >= 11 is 4.19. The Hall–Kier alpha value is -0.640. The maximum atomic E-state index is 11.6. The van der Waals surface area contributed by atoms with Crippen LogP contribution < -0.4 is 5.69 Å². The average molecular weight is 200 g/mol. The second-order valence-corrected chi connectivity index (χ2v) is 3.67. The number of imidazole rings is 1. The molecule has 0 spiro atoms. The highest BCUT2D eigenvalue weighted by atomic mass is 32.1. The van der Waals surface area contributed by atoms with Crippen molar-refractivity contribution in [1.29, 1.82) is 0 Å². The normalized spacial score (nSPS) is 13.2. The van der Waals surface area contributed by atoms with Crippen molar-refractivity contribution in [3.8, 4) is 0 Å². The Morgan fingerprint density at radius 3 is 2.54 bits per heavy atom. The predicted octanol–water partition coefficient (Wildman–Crippen LogP) is 1.24. The first-order valence-electron chi connectivity index (χ1n) is 4.55. The van der Waals surface area contributed by atoms with Crippen molar-refractivity contribution in [2.24, 2.45) is 5.92 Å². The Morgan fingerprint density at radius 2 is 2.08 bits per heavy atom. The zero-order valence-electron chi connectivity index (χ0n) is 8.10. The van der Waals surface area contributed by atoms with E-state index in [1.165, 1.54) is 0 Å². The number of hydrogen-bond acceptors (Lipinski definition) is 2. The van der Waals surface area contributed by atoms with Gasteiger partial charge in [-0.3, -0.25) is 9.13 Å². The van der Waals surface area contributed by atoms with E-state index in [1.54, 1.807) is 9.13 Å². The molecular formula is C9H16N2OS. The van der Waals surface area contributed by atoms with Gasteiger partial charge in [-0.15, -0.1) is 0 Å². The third kappa shape index (κ3) is 2.40. The Kier molecular flexibility index (Phi) is 3.66. The minimum absolute atomic E-state index is 0.0798. The molecule has 0 bridgehead atoms. The van der Waals surface area contributed by atoms with Crippen molar-refractivity contribution in [3.63, 3.8) is 0 Å². The lowest BCUT2D eigenvalue weighted by Crippen LogP contribution is -2.25. The first-order valence-corrected chi connectivity index (χ1v) is 5.18. The van der Waals surface area contributed by atoms with Crippen LogP contribution in [0.4, 0.5) is 0 Å². The predicted molar refractivity (Wildman–Crippen MR) is 57.4 cm³/mol. The molecule has 4 heteroatoms. The molecule has 0 aliphatic rings. The number of thiol groups is 1. The largest absolute Gasteiger partial charge is 0.328 e. The molecule has 0 radical (unpaired) electrons. The van der Waals surface area contributed by atoms with Crippen LogP contribution >= 0.6 is 12.6 Å². The van der Waals surface area contributed by atoms with Gasteiger partial charge in [0, 0.05) is 25.5 Å². The van der Waals surface area contributed by atoms with Gasteiger partial charge in [-0.25, -0.2) is 4.79 Å². The first-order chi connectivity index (χ1) is 6.19. The molecule has 0 fully saturated rings. The van der Waals surface area contributed by atoms with Crippen LogP contribution in [-0.2, 0) is 13.1 Å². The van der Waals surface area contributed by atoms with Gasteiger partial charge in [0.1, 0.15) is 0 Å². The van der Waals surface area contributed by atoms with E-state index >= 15 is 0 Å². The lowest BCUT2D eigenvalue weighted by molar-refractivity contribution is 0.510. The van der Waals surface area contributed by atoms with Gasteiger partial charge in [0.2, 0.25) is 0 Å². The molecule has 1 heterocycles. The van der Waals surface area contributed by atoms with Crippen LogP contribution in [0.25, 0.3) is 0 Å². The van der Waals surface area contributed by atoms with Crippen LogP contribution in [0.3, 0.4) is 0 Å². The lowest BCUT2D eigenvalue weighted by Gasteiger charge is -2.07. The molecule has 0 saturated heterocycles. The van der Waals surface area contributed by atoms with Crippen LogP contribution in [0.5, 0.6) is 0 Å². The third-order valence-electron chi connectivity index (χ3n) is 2.08. The quantitative estimate of drug-likeness (QED) is 0.727. The highest BCUT2D eigenvalue weighted by Gasteiger charge is 2.04. The number of rotatable bonds is 4. The van der Waals surface area contributed by atoms with Crippen molar-refractivity contribution >= 4 is 12.6 Å². The molecule has 1 aromatic heterocycles. The summed E-state index contributed by atoms with van der Waals surface area (Å²) in [4.78, 5) is 11.6. The molecule has 0 aliphatic carbocycles. The highest BCUT2D eigenvalue weighted by Crippen LogP contribution is 2.00.